The average Bonchev–Trinajstić information content (AvgIpc) is 2.72. The van der Waals surface area contributed by atoms with Gasteiger partial charge in [0.2, 0.25) is 0 Å². The van der Waals surface area contributed by atoms with Gasteiger partial charge in [-0.15, -0.1) is 11.3 Å². The topological polar surface area (TPSA) is 12.5 Å². The maximum atomic E-state index is 6.20. The van der Waals surface area contributed by atoms with Gasteiger partial charge >= 0.3 is 0 Å². The lowest BCUT2D eigenvalue weighted by molar-refractivity contribution is 0.182. The van der Waals surface area contributed by atoms with Crippen LogP contribution < -0.4 is 4.74 Å². The Balaban J connectivity index is 1.88. The molecule has 5 heteroatoms. The Labute approximate surface area is 139 Å². The van der Waals surface area contributed by atoms with Gasteiger partial charge in [0.25, 0.3) is 0 Å². The molecule has 112 valence electrons. The number of benzene rings is 1. The zero-order valence-corrected chi connectivity index (χ0v) is 14.4. The van der Waals surface area contributed by atoms with Crippen molar-refractivity contribution in [3.63, 3.8) is 0 Å². The van der Waals surface area contributed by atoms with Crippen LogP contribution in [0.15, 0.2) is 24.3 Å². The molecule has 1 aliphatic rings. The minimum Gasteiger partial charge on any atom is -0.486 e. The Hall–Kier alpha value is -0.740. The Morgan fingerprint density at radius 2 is 2.05 bits per heavy atom. The lowest BCUT2D eigenvalue weighted by Gasteiger charge is -2.18. The van der Waals surface area contributed by atoms with Crippen molar-refractivity contribution in [2.75, 3.05) is 13.6 Å². The Morgan fingerprint density at radius 1 is 1.24 bits per heavy atom. The summed E-state index contributed by atoms with van der Waals surface area (Å²) in [5.74, 6) is 0.772. The summed E-state index contributed by atoms with van der Waals surface area (Å²) in [5, 5.41) is 1.08. The van der Waals surface area contributed by atoms with E-state index in [1.165, 1.54) is 15.3 Å². The Morgan fingerprint density at radius 3 is 2.81 bits per heavy atom. The Bertz CT molecular complexity index is 656. The highest BCUT2D eigenvalue weighted by Crippen LogP contribution is 2.36. The smallest absolute Gasteiger partial charge is 0.126 e. The predicted octanol–water partition coefficient (Wildman–Crippen LogP) is 5.32. The van der Waals surface area contributed by atoms with Crippen molar-refractivity contribution in [2.45, 2.75) is 26.0 Å². The number of rotatable bonds is 2. The second kappa shape index (κ2) is 6.17. The van der Waals surface area contributed by atoms with Gasteiger partial charge in [0.1, 0.15) is 11.9 Å². The van der Waals surface area contributed by atoms with Crippen LogP contribution >= 0.6 is 34.5 Å². The zero-order valence-electron chi connectivity index (χ0n) is 12.0. The summed E-state index contributed by atoms with van der Waals surface area (Å²) in [4.78, 5) is 5.07. The number of aryl methyl sites for hydroxylation is 1. The summed E-state index contributed by atoms with van der Waals surface area (Å²) in [6, 6.07) is 7.70. The molecule has 0 bridgehead atoms. The molecule has 21 heavy (non-hydrogen) atoms. The van der Waals surface area contributed by atoms with Crippen LogP contribution in [-0.4, -0.2) is 18.5 Å². The molecule has 1 atom stereocenters. The van der Waals surface area contributed by atoms with Crippen LogP contribution in [0.4, 0.5) is 0 Å². The van der Waals surface area contributed by atoms with Gasteiger partial charge in [-0.05, 0) is 32.2 Å². The summed E-state index contributed by atoms with van der Waals surface area (Å²) in [7, 11) is 2.15. The van der Waals surface area contributed by atoms with Crippen LogP contribution in [-0.2, 0) is 6.54 Å². The molecule has 2 nitrogen and oxygen atoms in total. The molecule has 0 radical (unpaired) electrons. The maximum Gasteiger partial charge on any atom is 0.126 e. The van der Waals surface area contributed by atoms with Crippen molar-refractivity contribution in [1.82, 2.24) is 4.90 Å². The molecule has 0 N–H and O–H groups in total. The molecule has 0 amide bonds. The summed E-state index contributed by atoms with van der Waals surface area (Å²) in [6.07, 6.45) is 1.05. The maximum absolute atomic E-state index is 6.20. The fraction of sp³-hybridized carbons (Fsp3) is 0.375. The highest BCUT2D eigenvalue weighted by molar-refractivity contribution is 7.12. The Kier molecular flexibility index (Phi) is 4.46. The second-order valence-electron chi connectivity index (χ2n) is 5.44. The highest BCUT2D eigenvalue weighted by Gasteiger charge is 2.24. The number of thiophene rings is 1. The number of ether oxygens (including phenoxy) is 1. The monoisotopic (exact) mass is 341 g/mol. The van der Waals surface area contributed by atoms with E-state index in [0.717, 1.165) is 25.3 Å². The fourth-order valence-corrected chi connectivity index (χ4v) is 4.09. The zero-order chi connectivity index (χ0) is 15.0. The number of nitrogens with zero attached hydrogens (tertiary/aromatic N) is 1. The SMILES string of the molecule is Cc1cc2c(s1)CN(C)CCC2Oc1ccc(Cl)c(Cl)c1. The molecule has 0 saturated heterocycles. The van der Waals surface area contributed by atoms with E-state index in [0.29, 0.717) is 10.0 Å². The summed E-state index contributed by atoms with van der Waals surface area (Å²) >= 11 is 13.9. The van der Waals surface area contributed by atoms with Crippen LogP contribution in [0.5, 0.6) is 5.75 Å². The fourth-order valence-electron chi connectivity index (χ4n) is 2.63. The molecule has 2 heterocycles. The van der Waals surface area contributed by atoms with Gasteiger partial charge in [-0.3, -0.25) is 0 Å². The lowest BCUT2D eigenvalue weighted by atomic mass is 10.1. The first-order valence-corrected chi connectivity index (χ1v) is 8.49. The standard InChI is InChI=1S/C16H17Cl2NOS/c1-10-7-12-15(5-6-19(2)9-16(12)21-10)20-11-3-4-13(17)14(18)8-11/h3-4,7-8,15H,5-6,9H2,1-2H3. The van der Waals surface area contributed by atoms with Gasteiger partial charge < -0.3 is 9.64 Å². The molecule has 0 aliphatic carbocycles. The van der Waals surface area contributed by atoms with E-state index in [-0.39, 0.29) is 6.10 Å². The lowest BCUT2D eigenvalue weighted by Crippen LogP contribution is -2.18. The van der Waals surface area contributed by atoms with E-state index in [1.807, 2.05) is 17.4 Å². The first kappa shape index (κ1) is 15.2. The number of hydrogen-bond acceptors (Lipinski definition) is 3. The van der Waals surface area contributed by atoms with Gasteiger partial charge in [0.15, 0.2) is 0 Å². The van der Waals surface area contributed by atoms with Crippen LogP contribution in [0.1, 0.15) is 27.8 Å². The minimum absolute atomic E-state index is 0.0761. The molecule has 1 aromatic heterocycles. The molecule has 0 spiro atoms. The van der Waals surface area contributed by atoms with E-state index >= 15 is 0 Å². The van der Waals surface area contributed by atoms with Gasteiger partial charge in [-0.2, -0.15) is 0 Å². The van der Waals surface area contributed by atoms with E-state index < -0.39 is 0 Å². The minimum atomic E-state index is 0.0761. The third-order valence-corrected chi connectivity index (χ3v) is 5.46. The van der Waals surface area contributed by atoms with Gasteiger partial charge in [-0.25, -0.2) is 0 Å². The van der Waals surface area contributed by atoms with Gasteiger partial charge in [-0.1, -0.05) is 23.2 Å². The van der Waals surface area contributed by atoms with Crippen molar-refractivity contribution in [3.05, 3.63) is 49.6 Å². The van der Waals surface area contributed by atoms with Crippen molar-refractivity contribution in [2.24, 2.45) is 0 Å². The molecule has 0 saturated carbocycles. The molecule has 3 rings (SSSR count). The number of halogens is 2. The molecule has 1 unspecified atom stereocenters. The van der Waals surface area contributed by atoms with Crippen LogP contribution in [0.3, 0.4) is 0 Å². The summed E-state index contributed by atoms with van der Waals surface area (Å²) in [6.45, 7) is 4.16. The van der Waals surface area contributed by atoms with E-state index in [2.05, 4.69) is 24.9 Å². The quantitative estimate of drug-likeness (QED) is 0.732. The van der Waals surface area contributed by atoms with Gasteiger partial charge in [0, 0.05) is 40.9 Å². The molecule has 2 aromatic rings. The first-order valence-electron chi connectivity index (χ1n) is 6.92. The van der Waals surface area contributed by atoms with Crippen molar-refractivity contribution in [1.29, 1.82) is 0 Å². The summed E-state index contributed by atoms with van der Waals surface area (Å²) < 4.78 is 6.20. The third kappa shape index (κ3) is 3.37. The van der Waals surface area contributed by atoms with Gasteiger partial charge in [0.05, 0.1) is 10.0 Å². The predicted molar refractivity (Wildman–Crippen MR) is 89.8 cm³/mol. The molecule has 1 aliphatic heterocycles. The van der Waals surface area contributed by atoms with Crippen molar-refractivity contribution in [3.8, 4) is 5.75 Å². The first-order chi connectivity index (χ1) is 10.0. The molecular weight excluding hydrogens is 325 g/mol. The van der Waals surface area contributed by atoms with Crippen molar-refractivity contribution >= 4 is 34.5 Å². The third-order valence-electron chi connectivity index (χ3n) is 3.67. The summed E-state index contributed by atoms with van der Waals surface area (Å²) in [5.41, 5.74) is 1.31. The van der Waals surface area contributed by atoms with Crippen molar-refractivity contribution < 1.29 is 4.74 Å². The molecule has 1 aromatic carbocycles. The largest absolute Gasteiger partial charge is 0.486 e. The van der Waals surface area contributed by atoms with Crippen LogP contribution in [0.2, 0.25) is 10.0 Å². The van der Waals surface area contributed by atoms with Crippen LogP contribution in [0, 0.1) is 6.92 Å². The molecular formula is C16H17Cl2NOS. The average molecular weight is 342 g/mol. The molecule has 0 fully saturated rings. The van der Waals surface area contributed by atoms with E-state index in [4.69, 9.17) is 27.9 Å². The van der Waals surface area contributed by atoms with E-state index in [1.54, 1.807) is 12.1 Å². The highest BCUT2D eigenvalue weighted by atomic mass is 35.5. The number of hydrogen-bond donors (Lipinski definition) is 0. The normalized spacial score (nSPS) is 19.1. The second-order valence-corrected chi connectivity index (χ2v) is 7.60. The van der Waals surface area contributed by atoms with Crippen LogP contribution in [0.25, 0.3) is 0 Å². The number of fused-ring (bicyclic) bond motifs is 1. The van der Waals surface area contributed by atoms with E-state index in [9.17, 15) is 0 Å².